The van der Waals surface area contributed by atoms with Gasteiger partial charge in [-0.15, -0.1) is 0 Å². The molecule has 0 atom stereocenters. The van der Waals surface area contributed by atoms with Crippen LogP contribution in [0.15, 0.2) is 22.7 Å². The van der Waals surface area contributed by atoms with Gasteiger partial charge in [-0.25, -0.2) is 0 Å². The first-order valence-corrected chi connectivity index (χ1v) is 5.72. The predicted molar refractivity (Wildman–Crippen MR) is 60.3 cm³/mol. The molecule has 0 bridgehead atoms. The van der Waals surface area contributed by atoms with E-state index in [0.717, 1.165) is 29.3 Å². The zero-order chi connectivity index (χ0) is 10.2. The first kappa shape index (κ1) is 10.0. The first-order valence-electron chi connectivity index (χ1n) is 4.55. The monoisotopic (exact) mass is 269 g/mol. The van der Waals surface area contributed by atoms with Crippen LogP contribution in [0.5, 0.6) is 0 Å². The lowest BCUT2D eigenvalue weighted by atomic mass is 9.65. The molecule has 0 N–H and O–H groups in total. The molecule has 0 saturated heterocycles. The molecule has 1 nitrogen and oxygen atoms in total. The lowest BCUT2D eigenvalue weighted by Crippen LogP contribution is -2.32. The van der Waals surface area contributed by atoms with Crippen LogP contribution < -0.4 is 0 Å². The molecule has 14 heavy (non-hydrogen) atoms. The van der Waals surface area contributed by atoms with E-state index in [9.17, 15) is 0 Å². The molecule has 1 fully saturated rings. The van der Waals surface area contributed by atoms with Gasteiger partial charge in [0.15, 0.2) is 0 Å². The van der Waals surface area contributed by atoms with Crippen molar-refractivity contribution in [3.63, 3.8) is 0 Å². The summed E-state index contributed by atoms with van der Waals surface area (Å²) in [6, 6.07) is 8.14. The van der Waals surface area contributed by atoms with Crippen molar-refractivity contribution in [3.8, 4) is 6.07 Å². The average Bonchev–Trinajstić information content (AvgIpc) is 2.07. The molecule has 0 amide bonds. The minimum absolute atomic E-state index is 0.308. The summed E-state index contributed by atoms with van der Waals surface area (Å²) in [4.78, 5) is 0. The van der Waals surface area contributed by atoms with E-state index in [4.69, 9.17) is 16.9 Å². The average molecular weight is 271 g/mol. The van der Waals surface area contributed by atoms with E-state index in [-0.39, 0.29) is 5.41 Å². The van der Waals surface area contributed by atoms with E-state index < -0.39 is 0 Å². The molecule has 1 aromatic rings. The van der Waals surface area contributed by atoms with Crippen LogP contribution in [0, 0.1) is 11.3 Å². The maximum atomic E-state index is 9.16. The van der Waals surface area contributed by atoms with Gasteiger partial charge in [0.1, 0.15) is 0 Å². The number of hydrogen-bond acceptors (Lipinski definition) is 1. The van der Waals surface area contributed by atoms with E-state index in [1.54, 1.807) is 0 Å². The fraction of sp³-hybridized carbons (Fsp3) is 0.364. The molecule has 0 spiro atoms. The summed E-state index contributed by atoms with van der Waals surface area (Å²) < 4.78 is 0.957. The van der Waals surface area contributed by atoms with Gasteiger partial charge in [-0.2, -0.15) is 5.26 Å². The van der Waals surface area contributed by atoms with Crippen LogP contribution in [0.4, 0.5) is 0 Å². The van der Waals surface area contributed by atoms with Crippen LogP contribution in [0.2, 0.25) is 5.02 Å². The molecule has 1 aliphatic carbocycles. The number of hydrogen-bond donors (Lipinski definition) is 0. The fourth-order valence-corrected chi connectivity index (χ4v) is 2.70. The molecule has 1 saturated carbocycles. The Balaban J connectivity index is 2.46. The molecule has 0 aliphatic heterocycles. The molecule has 0 heterocycles. The maximum Gasteiger partial charge on any atom is 0.0836 e. The topological polar surface area (TPSA) is 23.8 Å². The molecule has 3 heteroatoms. The number of nitrogens with zero attached hydrogens (tertiary/aromatic N) is 1. The minimum atomic E-state index is -0.308. The summed E-state index contributed by atoms with van der Waals surface area (Å²) in [7, 11) is 0. The Morgan fingerprint density at radius 2 is 2.14 bits per heavy atom. The van der Waals surface area contributed by atoms with Crippen molar-refractivity contribution >= 4 is 27.5 Å². The second kappa shape index (κ2) is 3.56. The first-order chi connectivity index (χ1) is 6.68. The fourth-order valence-electron chi connectivity index (χ4n) is 1.85. The zero-order valence-corrected chi connectivity index (χ0v) is 9.90. The largest absolute Gasteiger partial charge is 0.197 e. The van der Waals surface area contributed by atoms with Gasteiger partial charge in [0.25, 0.3) is 0 Å². The Bertz CT molecular complexity index is 404. The van der Waals surface area contributed by atoms with Gasteiger partial charge >= 0.3 is 0 Å². The highest BCUT2D eigenvalue weighted by Crippen LogP contribution is 2.46. The predicted octanol–water partition coefficient (Wildman–Crippen LogP) is 4.05. The van der Waals surface area contributed by atoms with Crippen molar-refractivity contribution in [3.05, 3.63) is 33.3 Å². The minimum Gasteiger partial charge on any atom is -0.197 e. The Hall–Kier alpha value is -0.520. The van der Waals surface area contributed by atoms with Crippen LogP contribution in [0.25, 0.3) is 0 Å². The van der Waals surface area contributed by atoms with E-state index >= 15 is 0 Å². The van der Waals surface area contributed by atoms with Crippen molar-refractivity contribution in [1.29, 1.82) is 5.26 Å². The summed E-state index contributed by atoms with van der Waals surface area (Å²) in [5, 5.41) is 9.86. The van der Waals surface area contributed by atoms with Gasteiger partial charge in [-0.1, -0.05) is 33.6 Å². The standard InChI is InChI=1S/C11H9BrClN/c12-8-2-3-9(10(13)6-8)11(7-14)4-1-5-11/h2-3,6H,1,4-5H2. The molecule has 0 unspecified atom stereocenters. The highest BCUT2D eigenvalue weighted by atomic mass is 79.9. The summed E-state index contributed by atoms with van der Waals surface area (Å²) >= 11 is 9.48. The SMILES string of the molecule is N#CC1(c2ccc(Br)cc2Cl)CCC1. The molecule has 1 aromatic carbocycles. The highest BCUT2D eigenvalue weighted by Gasteiger charge is 2.40. The number of nitriles is 1. The third-order valence-electron chi connectivity index (χ3n) is 2.87. The molecule has 0 aromatic heterocycles. The third kappa shape index (κ3) is 1.45. The lowest BCUT2D eigenvalue weighted by Gasteiger charge is -2.36. The van der Waals surface area contributed by atoms with Gasteiger partial charge < -0.3 is 0 Å². The van der Waals surface area contributed by atoms with E-state index in [1.165, 1.54) is 0 Å². The molecule has 2 rings (SSSR count). The van der Waals surface area contributed by atoms with Gasteiger partial charge in [-0.3, -0.25) is 0 Å². The number of benzene rings is 1. The number of halogens is 2. The van der Waals surface area contributed by atoms with Gasteiger partial charge in [-0.05, 0) is 37.0 Å². The zero-order valence-electron chi connectivity index (χ0n) is 7.56. The molecule has 1 aliphatic rings. The Morgan fingerprint density at radius 3 is 2.57 bits per heavy atom. The van der Waals surface area contributed by atoms with Crippen molar-refractivity contribution in [2.24, 2.45) is 0 Å². The van der Waals surface area contributed by atoms with Crippen LogP contribution in [-0.4, -0.2) is 0 Å². The third-order valence-corrected chi connectivity index (χ3v) is 3.67. The van der Waals surface area contributed by atoms with E-state index in [1.807, 2.05) is 18.2 Å². The quantitative estimate of drug-likeness (QED) is 0.755. The molecule has 0 radical (unpaired) electrons. The van der Waals surface area contributed by atoms with Crippen LogP contribution in [0.1, 0.15) is 24.8 Å². The van der Waals surface area contributed by atoms with Crippen LogP contribution >= 0.6 is 27.5 Å². The van der Waals surface area contributed by atoms with E-state index in [2.05, 4.69) is 22.0 Å². The summed E-state index contributed by atoms with van der Waals surface area (Å²) in [6.07, 6.45) is 3.00. The Morgan fingerprint density at radius 1 is 1.43 bits per heavy atom. The second-order valence-electron chi connectivity index (χ2n) is 3.67. The maximum absolute atomic E-state index is 9.16. The van der Waals surface area contributed by atoms with E-state index in [0.29, 0.717) is 5.02 Å². The smallest absolute Gasteiger partial charge is 0.0836 e. The van der Waals surface area contributed by atoms with Crippen LogP contribution in [-0.2, 0) is 5.41 Å². The Labute approximate surface area is 96.8 Å². The van der Waals surface area contributed by atoms with Gasteiger partial charge in [0, 0.05) is 9.50 Å². The van der Waals surface area contributed by atoms with Gasteiger partial charge in [0.2, 0.25) is 0 Å². The summed E-state index contributed by atoms with van der Waals surface area (Å²) in [5.74, 6) is 0. The van der Waals surface area contributed by atoms with Crippen molar-refractivity contribution in [2.45, 2.75) is 24.7 Å². The second-order valence-corrected chi connectivity index (χ2v) is 4.99. The summed E-state index contributed by atoms with van der Waals surface area (Å²) in [6.45, 7) is 0. The molecular weight excluding hydrogens is 261 g/mol. The lowest BCUT2D eigenvalue weighted by molar-refractivity contribution is 0.324. The van der Waals surface area contributed by atoms with Crippen molar-refractivity contribution in [2.75, 3.05) is 0 Å². The normalized spacial score (nSPS) is 18.4. The van der Waals surface area contributed by atoms with Gasteiger partial charge in [0.05, 0.1) is 11.5 Å². The number of rotatable bonds is 1. The Kier molecular flexibility index (Phi) is 2.55. The van der Waals surface area contributed by atoms with Crippen molar-refractivity contribution in [1.82, 2.24) is 0 Å². The summed E-state index contributed by atoms with van der Waals surface area (Å²) in [5.41, 5.74) is 0.675. The highest BCUT2D eigenvalue weighted by molar-refractivity contribution is 9.10. The van der Waals surface area contributed by atoms with Crippen molar-refractivity contribution < 1.29 is 0 Å². The molecular formula is C11H9BrClN. The van der Waals surface area contributed by atoms with Crippen LogP contribution in [0.3, 0.4) is 0 Å². The molecule has 72 valence electrons.